The molecule has 2 aliphatic heterocycles. The molecule has 0 saturated carbocycles. The number of rotatable bonds is 2. The second-order valence-electron chi connectivity index (χ2n) is 7.59. The Morgan fingerprint density at radius 2 is 1.83 bits per heavy atom. The van der Waals surface area contributed by atoms with E-state index in [9.17, 15) is 4.39 Å². The topological polar surface area (TPSA) is 30.5 Å². The molecule has 0 aromatic heterocycles. The molecule has 1 saturated heterocycles. The zero-order valence-electron chi connectivity index (χ0n) is 14.0. The lowest BCUT2D eigenvalue weighted by atomic mass is 9.84. The number of para-hydroxylation sites is 1. The van der Waals surface area contributed by atoms with Gasteiger partial charge in [-0.1, -0.05) is 32.0 Å². The van der Waals surface area contributed by atoms with Crippen LogP contribution >= 0.6 is 0 Å². The second kappa shape index (κ2) is 5.49. The molecule has 3 nitrogen and oxygen atoms in total. The van der Waals surface area contributed by atoms with Crippen LogP contribution in [0.4, 0.5) is 10.1 Å². The van der Waals surface area contributed by atoms with Gasteiger partial charge >= 0.3 is 0 Å². The average Bonchev–Trinajstić information content (AvgIpc) is 2.84. The van der Waals surface area contributed by atoms with Crippen molar-refractivity contribution in [2.45, 2.75) is 38.5 Å². The van der Waals surface area contributed by atoms with Gasteiger partial charge in [-0.05, 0) is 35.7 Å². The summed E-state index contributed by atoms with van der Waals surface area (Å²) in [6, 6.07) is 14.6. The molecule has 2 aliphatic rings. The highest BCUT2D eigenvalue weighted by Crippen LogP contribution is 2.49. The summed E-state index contributed by atoms with van der Waals surface area (Å²) in [5.74, 6) is 0.0431. The van der Waals surface area contributed by atoms with Gasteiger partial charge in [-0.15, -0.1) is 0 Å². The van der Waals surface area contributed by atoms with E-state index in [-0.39, 0.29) is 17.3 Å². The fraction of sp³-hybridized carbons (Fsp3) is 0.400. The lowest BCUT2D eigenvalue weighted by molar-refractivity contribution is -0.164. The minimum atomic E-state index is -0.588. The van der Waals surface area contributed by atoms with Gasteiger partial charge in [0.05, 0.1) is 12.6 Å². The lowest BCUT2D eigenvalue weighted by Crippen LogP contribution is -2.42. The summed E-state index contributed by atoms with van der Waals surface area (Å²) in [6.07, 6.45) is 1.58. The van der Waals surface area contributed by atoms with Gasteiger partial charge in [-0.2, -0.15) is 0 Å². The molecule has 24 heavy (non-hydrogen) atoms. The van der Waals surface area contributed by atoms with Gasteiger partial charge in [0.1, 0.15) is 11.6 Å². The summed E-state index contributed by atoms with van der Waals surface area (Å²) in [5.41, 5.74) is 2.11. The smallest absolute Gasteiger partial charge is 0.213 e. The van der Waals surface area contributed by atoms with Gasteiger partial charge in [-0.25, -0.2) is 4.39 Å². The third-order valence-electron chi connectivity index (χ3n) is 4.76. The maximum atomic E-state index is 13.2. The average molecular weight is 327 g/mol. The zero-order chi connectivity index (χ0) is 16.8. The van der Waals surface area contributed by atoms with Crippen molar-refractivity contribution in [1.29, 1.82) is 0 Å². The Balaban J connectivity index is 1.66. The SMILES string of the molecule is CC1(C)COC2(CC(Nc3ccc(F)cc3)c3ccccc3O2)C1. The van der Waals surface area contributed by atoms with E-state index < -0.39 is 5.79 Å². The first kappa shape index (κ1) is 15.5. The third kappa shape index (κ3) is 2.86. The maximum Gasteiger partial charge on any atom is 0.213 e. The number of benzene rings is 2. The van der Waals surface area contributed by atoms with Crippen molar-refractivity contribution < 1.29 is 13.9 Å². The number of fused-ring (bicyclic) bond motifs is 1. The first-order valence-electron chi connectivity index (χ1n) is 8.39. The summed E-state index contributed by atoms with van der Waals surface area (Å²) < 4.78 is 25.6. The molecule has 2 aromatic rings. The minimum absolute atomic E-state index is 0.0642. The Morgan fingerprint density at radius 3 is 2.54 bits per heavy atom. The predicted octanol–water partition coefficient (Wildman–Crippen LogP) is 4.90. The van der Waals surface area contributed by atoms with Crippen LogP contribution in [0, 0.1) is 11.2 Å². The van der Waals surface area contributed by atoms with Gasteiger partial charge in [0.2, 0.25) is 5.79 Å². The largest absolute Gasteiger partial charge is 0.462 e. The molecule has 1 spiro atoms. The van der Waals surface area contributed by atoms with Crippen LogP contribution in [0.25, 0.3) is 0 Å². The van der Waals surface area contributed by atoms with E-state index in [2.05, 4.69) is 25.2 Å². The highest BCUT2D eigenvalue weighted by molar-refractivity contribution is 5.49. The van der Waals surface area contributed by atoms with Crippen LogP contribution in [-0.4, -0.2) is 12.4 Å². The minimum Gasteiger partial charge on any atom is -0.462 e. The number of hydrogen-bond acceptors (Lipinski definition) is 3. The molecule has 0 bridgehead atoms. The summed E-state index contributed by atoms with van der Waals surface area (Å²) >= 11 is 0. The van der Waals surface area contributed by atoms with Crippen LogP contribution in [0.5, 0.6) is 5.75 Å². The molecule has 2 atom stereocenters. The first-order valence-corrected chi connectivity index (χ1v) is 8.39. The first-order chi connectivity index (χ1) is 11.4. The van der Waals surface area contributed by atoms with Crippen LogP contribution in [0.3, 0.4) is 0 Å². The Labute approximate surface area is 141 Å². The van der Waals surface area contributed by atoms with E-state index in [4.69, 9.17) is 9.47 Å². The number of hydrogen-bond donors (Lipinski definition) is 1. The fourth-order valence-corrected chi connectivity index (χ4v) is 3.76. The molecule has 2 heterocycles. The number of halogens is 1. The van der Waals surface area contributed by atoms with Crippen molar-refractivity contribution in [2.75, 3.05) is 11.9 Å². The van der Waals surface area contributed by atoms with E-state index in [1.807, 2.05) is 18.2 Å². The Morgan fingerprint density at radius 1 is 1.08 bits per heavy atom. The standard InChI is InChI=1S/C20H22FNO2/c1-19(2)12-20(23-13-19)11-17(16-5-3-4-6-18(16)24-20)22-15-9-7-14(21)8-10-15/h3-10,17,22H,11-13H2,1-2H3. The molecule has 0 radical (unpaired) electrons. The molecule has 126 valence electrons. The normalized spacial score (nSPS) is 27.5. The summed E-state index contributed by atoms with van der Waals surface area (Å²) in [5, 5.41) is 3.52. The van der Waals surface area contributed by atoms with Crippen molar-refractivity contribution in [3.05, 3.63) is 59.9 Å². The lowest BCUT2D eigenvalue weighted by Gasteiger charge is -2.40. The van der Waals surface area contributed by atoms with Crippen LogP contribution in [0.1, 0.15) is 38.3 Å². The third-order valence-corrected chi connectivity index (χ3v) is 4.76. The molecule has 4 rings (SSSR count). The van der Waals surface area contributed by atoms with Crippen molar-refractivity contribution in [1.82, 2.24) is 0 Å². The van der Waals surface area contributed by atoms with Crippen molar-refractivity contribution in [2.24, 2.45) is 5.41 Å². The highest BCUT2D eigenvalue weighted by Gasteiger charge is 2.50. The van der Waals surface area contributed by atoms with Gasteiger partial charge in [0.15, 0.2) is 0 Å². The van der Waals surface area contributed by atoms with E-state index in [1.165, 1.54) is 12.1 Å². The Kier molecular flexibility index (Phi) is 3.53. The maximum absolute atomic E-state index is 13.2. The monoisotopic (exact) mass is 327 g/mol. The van der Waals surface area contributed by atoms with Gasteiger partial charge < -0.3 is 14.8 Å². The molecule has 1 N–H and O–H groups in total. The number of anilines is 1. The quantitative estimate of drug-likeness (QED) is 0.850. The van der Waals surface area contributed by atoms with Crippen LogP contribution < -0.4 is 10.1 Å². The second-order valence-corrected chi connectivity index (χ2v) is 7.59. The van der Waals surface area contributed by atoms with Crippen LogP contribution in [0.2, 0.25) is 0 Å². The summed E-state index contributed by atoms with van der Waals surface area (Å²) in [7, 11) is 0. The molecular weight excluding hydrogens is 305 g/mol. The molecule has 1 fully saturated rings. The van der Waals surface area contributed by atoms with E-state index in [0.717, 1.165) is 29.8 Å². The van der Waals surface area contributed by atoms with E-state index >= 15 is 0 Å². The molecular formula is C20H22FNO2. The number of ether oxygens (including phenoxy) is 2. The van der Waals surface area contributed by atoms with Crippen molar-refractivity contribution in [3.63, 3.8) is 0 Å². The Bertz CT molecular complexity index is 744. The summed E-state index contributed by atoms with van der Waals surface area (Å²) in [4.78, 5) is 0. The van der Waals surface area contributed by atoms with Gasteiger partial charge in [0.25, 0.3) is 0 Å². The van der Waals surface area contributed by atoms with E-state index in [0.29, 0.717) is 6.61 Å². The van der Waals surface area contributed by atoms with Gasteiger partial charge in [0, 0.05) is 24.1 Å². The van der Waals surface area contributed by atoms with Crippen molar-refractivity contribution >= 4 is 5.69 Å². The molecule has 0 aliphatic carbocycles. The number of nitrogens with one attached hydrogen (secondary N) is 1. The molecule has 4 heteroatoms. The molecule has 2 unspecified atom stereocenters. The van der Waals surface area contributed by atoms with Crippen LogP contribution in [0.15, 0.2) is 48.5 Å². The van der Waals surface area contributed by atoms with E-state index in [1.54, 1.807) is 12.1 Å². The highest BCUT2D eigenvalue weighted by atomic mass is 19.1. The molecule has 0 amide bonds. The van der Waals surface area contributed by atoms with Gasteiger partial charge in [-0.3, -0.25) is 0 Å². The zero-order valence-corrected chi connectivity index (χ0v) is 14.0. The predicted molar refractivity (Wildman–Crippen MR) is 91.5 cm³/mol. The van der Waals surface area contributed by atoms with Crippen molar-refractivity contribution in [3.8, 4) is 5.75 Å². The van der Waals surface area contributed by atoms with Crippen LogP contribution in [-0.2, 0) is 4.74 Å². The Hall–Kier alpha value is -2.07. The fourth-order valence-electron chi connectivity index (χ4n) is 3.76. The molecule has 2 aromatic carbocycles. The summed E-state index contributed by atoms with van der Waals surface area (Å²) in [6.45, 7) is 5.10.